The Morgan fingerprint density at radius 2 is 1.90 bits per heavy atom. The van der Waals surface area contributed by atoms with Gasteiger partial charge in [0.1, 0.15) is 5.82 Å². The van der Waals surface area contributed by atoms with Crippen molar-refractivity contribution in [2.45, 2.75) is 45.1 Å². The van der Waals surface area contributed by atoms with Gasteiger partial charge in [-0.1, -0.05) is 18.2 Å². The van der Waals surface area contributed by atoms with Crippen LogP contribution in [0.2, 0.25) is 0 Å². The third kappa shape index (κ3) is 2.99. The van der Waals surface area contributed by atoms with Crippen molar-refractivity contribution in [1.29, 1.82) is 0 Å². The Hall–Kier alpha value is -2.10. The van der Waals surface area contributed by atoms with Gasteiger partial charge in [0.15, 0.2) is 0 Å². The van der Waals surface area contributed by atoms with Crippen molar-refractivity contribution < 1.29 is 4.79 Å². The topological polar surface area (TPSA) is 46.9 Å². The summed E-state index contributed by atoms with van der Waals surface area (Å²) in [6.07, 6.45) is 2.40. The van der Waals surface area contributed by atoms with Gasteiger partial charge in [0.05, 0.1) is 11.2 Å². The predicted molar refractivity (Wildman–Crippen MR) is 83.6 cm³/mol. The Kier molecular flexibility index (Phi) is 3.32. The van der Waals surface area contributed by atoms with Gasteiger partial charge in [-0.2, -0.15) is 5.10 Å². The van der Waals surface area contributed by atoms with Crippen LogP contribution >= 0.6 is 0 Å². The van der Waals surface area contributed by atoms with E-state index in [-0.39, 0.29) is 11.4 Å². The summed E-state index contributed by atoms with van der Waals surface area (Å²) in [5.74, 6) is 1.25. The normalized spacial score (nSPS) is 15.0. The van der Waals surface area contributed by atoms with Gasteiger partial charge in [0, 0.05) is 17.5 Å². The van der Waals surface area contributed by atoms with E-state index in [0.717, 1.165) is 11.5 Å². The summed E-state index contributed by atoms with van der Waals surface area (Å²) in [5.41, 5.74) is 1.59. The van der Waals surface area contributed by atoms with Crippen LogP contribution in [0.4, 0.5) is 5.82 Å². The van der Waals surface area contributed by atoms with Crippen LogP contribution in [-0.4, -0.2) is 15.7 Å². The Balaban J connectivity index is 1.89. The van der Waals surface area contributed by atoms with E-state index in [2.05, 4.69) is 26.1 Å². The Labute approximate surface area is 125 Å². The van der Waals surface area contributed by atoms with Gasteiger partial charge in [-0.25, -0.2) is 4.68 Å². The highest BCUT2D eigenvalue weighted by Gasteiger charge is 2.30. The molecule has 1 fully saturated rings. The molecule has 2 aromatic rings. The molecule has 4 heteroatoms. The van der Waals surface area contributed by atoms with Crippen molar-refractivity contribution in [3.05, 3.63) is 47.7 Å². The summed E-state index contributed by atoms with van der Waals surface area (Å²) < 4.78 is 1.92. The van der Waals surface area contributed by atoms with E-state index in [1.165, 1.54) is 12.8 Å². The van der Waals surface area contributed by atoms with Crippen LogP contribution in [0.5, 0.6) is 0 Å². The minimum atomic E-state index is -0.160. The molecular formula is C17H21N3O. The second-order valence-corrected chi connectivity index (χ2v) is 6.63. The molecule has 1 aromatic carbocycles. The molecular weight excluding hydrogens is 262 g/mol. The SMILES string of the molecule is CC(C)(C)n1nc(C2CC2)cc1NC(=O)c1ccccc1. The molecule has 4 nitrogen and oxygen atoms in total. The summed E-state index contributed by atoms with van der Waals surface area (Å²) in [4.78, 5) is 12.3. The Morgan fingerprint density at radius 3 is 2.48 bits per heavy atom. The molecule has 0 aliphatic heterocycles. The van der Waals surface area contributed by atoms with Crippen molar-refractivity contribution >= 4 is 11.7 Å². The van der Waals surface area contributed by atoms with Crippen LogP contribution in [0.25, 0.3) is 0 Å². The average Bonchev–Trinajstić information content (AvgIpc) is 3.20. The van der Waals surface area contributed by atoms with Gasteiger partial charge in [-0.05, 0) is 45.7 Å². The molecule has 3 rings (SSSR count). The molecule has 1 N–H and O–H groups in total. The van der Waals surface area contributed by atoms with Gasteiger partial charge in [0.2, 0.25) is 0 Å². The van der Waals surface area contributed by atoms with Gasteiger partial charge in [0.25, 0.3) is 5.91 Å². The van der Waals surface area contributed by atoms with Crippen molar-refractivity contribution in [1.82, 2.24) is 9.78 Å². The zero-order chi connectivity index (χ0) is 15.0. The molecule has 1 aliphatic carbocycles. The number of hydrogen-bond acceptors (Lipinski definition) is 2. The van der Waals surface area contributed by atoms with Crippen molar-refractivity contribution in [3.63, 3.8) is 0 Å². The Morgan fingerprint density at radius 1 is 1.24 bits per heavy atom. The summed E-state index contributed by atoms with van der Waals surface area (Å²) in [6, 6.07) is 11.3. The lowest BCUT2D eigenvalue weighted by Crippen LogP contribution is -2.26. The number of nitrogens with one attached hydrogen (secondary N) is 1. The fourth-order valence-electron chi connectivity index (χ4n) is 2.36. The molecule has 1 aliphatic rings. The summed E-state index contributed by atoms with van der Waals surface area (Å²) in [5, 5.41) is 7.69. The molecule has 0 spiro atoms. The predicted octanol–water partition coefficient (Wildman–Crippen LogP) is 3.77. The number of benzene rings is 1. The first-order valence-corrected chi connectivity index (χ1v) is 7.42. The number of anilines is 1. The van der Waals surface area contributed by atoms with Crippen LogP contribution < -0.4 is 5.32 Å². The molecule has 21 heavy (non-hydrogen) atoms. The van der Waals surface area contributed by atoms with Crippen LogP contribution in [0.1, 0.15) is 55.6 Å². The second kappa shape index (κ2) is 5.02. The standard InChI is InChI=1S/C17H21N3O/c1-17(2,3)20-15(11-14(19-20)12-9-10-12)18-16(21)13-7-5-4-6-8-13/h4-8,11-12H,9-10H2,1-3H3,(H,18,21). The first-order chi connectivity index (χ1) is 9.95. The molecule has 1 amide bonds. The lowest BCUT2D eigenvalue weighted by molar-refractivity contribution is 0.102. The average molecular weight is 283 g/mol. The maximum Gasteiger partial charge on any atom is 0.256 e. The van der Waals surface area contributed by atoms with Crippen LogP contribution in [0.3, 0.4) is 0 Å². The lowest BCUT2D eigenvalue weighted by Gasteiger charge is -2.22. The zero-order valence-electron chi connectivity index (χ0n) is 12.8. The molecule has 0 radical (unpaired) electrons. The maximum absolute atomic E-state index is 12.3. The van der Waals surface area contributed by atoms with Crippen molar-refractivity contribution in [2.75, 3.05) is 5.32 Å². The monoisotopic (exact) mass is 283 g/mol. The lowest BCUT2D eigenvalue weighted by atomic mass is 10.1. The molecule has 1 heterocycles. The molecule has 0 atom stereocenters. The molecule has 0 unspecified atom stereocenters. The fourth-order valence-corrected chi connectivity index (χ4v) is 2.36. The van der Waals surface area contributed by atoms with Gasteiger partial charge in [-0.3, -0.25) is 4.79 Å². The summed E-state index contributed by atoms with van der Waals surface area (Å²) in [7, 11) is 0. The van der Waals surface area contributed by atoms with E-state index in [1.807, 2.05) is 41.1 Å². The van der Waals surface area contributed by atoms with E-state index >= 15 is 0 Å². The summed E-state index contributed by atoms with van der Waals surface area (Å²) in [6.45, 7) is 6.28. The number of carbonyl (C=O) groups excluding carboxylic acids is 1. The smallest absolute Gasteiger partial charge is 0.256 e. The van der Waals surface area contributed by atoms with E-state index < -0.39 is 0 Å². The van der Waals surface area contributed by atoms with E-state index in [1.54, 1.807) is 0 Å². The number of nitrogens with zero attached hydrogens (tertiary/aromatic N) is 2. The fraction of sp³-hybridized carbons (Fsp3) is 0.412. The quantitative estimate of drug-likeness (QED) is 0.932. The van der Waals surface area contributed by atoms with E-state index in [4.69, 9.17) is 5.10 Å². The van der Waals surface area contributed by atoms with Crippen LogP contribution in [0.15, 0.2) is 36.4 Å². The zero-order valence-corrected chi connectivity index (χ0v) is 12.8. The third-order valence-electron chi connectivity index (χ3n) is 3.64. The first-order valence-electron chi connectivity index (χ1n) is 7.42. The molecule has 1 aromatic heterocycles. The first kappa shape index (κ1) is 13.9. The largest absolute Gasteiger partial charge is 0.307 e. The van der Waals surface area contributed by atoms with Crippen molar-refractivity contribution in [2.24, 2.45) is 0 Å². The summed E-state index contributed by atoms with van der Waals surface area (Å²) >= 11 is 0. The van der Waals surface area contributed by atoms with Gasteiger partial charge < -0.3 is 5.32 Å². The molecule has 1 saturated carbocycles. The molecule has 110 valence electrons. The maximum atomic E-state index is 12.3. The third-order valence-corrected chi connectivity index (χ3v) is 3.64. The highest BCUT2D eigenvalue weighted by Crippen LogP contribution is 2.40. The Bertz CT molecular complexity index is 648. The highest BCUT2D eigenvalue weighted by molar-refractivity contribution is 6.03. The number of amides is 1. The minimum Gasteiger partial charge on any atom is -0.307 e. The van der Waals surface area contributed by atoms with E-state index in [0.29, 0.717) is 11.5 Å². The number of rotatable bonds is 3. The van der Waals surface area contributed by atoms with Gasteiger partial charge >= 0.3 is 0 Å². The second-order valence-electron chi connectivity index (χ2n) is 6.63. The number of carbonyl (C=O) groups is 1. The highest BCUT2D eigenvalue weighted by atomic mass is 16.1. The van der Waals surface area contributed by atoms with Crippen LogP contribution in [-0.2, 0) is 5.54 Å². The molecule has 0 bridgehead atoms. The number of aromatic nitrogens is 2. The van der Waals surface area contributed by atoms with Crippen LogP contribution in [0, 0.1) is 0 Å². The molecule has 0 saturated heterocycles. The van der Waals surface area contributed by atoms with E-state index in [9.17, 15) is 4.79 Å². The van der Waals surface area contributed by atoms with Gasteiger partial charge in [-0.15, -0.1) is 0 Å². The minimum absolute atomic E-state index is 0.0941. The number of hydrogen-bond donors (Lipinski definition) is 1. The van der Waals surface area contributed by atoms with Crippen molar-refractivity contribution in [3.8, 4) is 0 Å².